The second-order valence-electron chi connectivity index (χ2n) is 8.44. The van der Waals surface area contributed by atoms with Gasteiger partial charge in [0.05, 0.1) is 15.6 Å². The number of pyridine rings is 2. The van der Waals surface area contributed by atoms with Crippen LogP contribution in [-0.4, -0.2) is 56.0 Å². The van der Waals surface area contributed by atoms with Crippen LogP contribution < -0.4 is 9.64 Å². The maximum Gasteiger partial charge on any atom is 0.166 e. The Hall–Kier alpha value is -2.95. The van der Waals surface area contributed by atoms with E-state index in [0.29, 0.717) is 57.2 Å². The molecular weight excluding hydrogens is 526 g/mol. The third kappa shape index (κ3) is 4.72. The minimum absolute atomic E-state index is 0.236. The fraction of sp³-hybridized carbons (Fsp3) is 0.292. The standard InChI is InChI=1S/C24H23Cl2FN6O2S/c1-14(22-18(25)12-29-13-19(22)26)35-16-3-4-21-17(10-16)23(32-31-21)15-9-20(27)24(30-11-15)33-5-7-36(34,28-2)8-6-33/h3-4,9-14H,5-8H2,1-2H3,(H,31,32)/t14-/m1/s1. The van der Waals surface area contributed by atoms with E-state index in [9.17, 15) is 4.21 Å². The monoisotopic (exact) mass is 548 g/mol. The fourth-order valence-corrected chi connectivity index (χ4v) is 6.52. The van der Waals surface area contributed by atoms with Crippen LogP contribution in [0.25, 0.3) is 22.2 Å². The van der Waals surface area contributed by atoms with Crippen molar-refractivity contribution in [1.82, 2.24) is 20.2 Å². The minimum Gasteiger partial charge on any atom is -0.486 e. The summed E-state index contributed by atoms with van der Waals surface area (Å²) in [5, 5.41) is 8.94. The molecule has 1 fully saturated rings. The number of hydrogen-bond donors (Lipinski definition) is 1. The Bertz CT molecular complexity index is 1540. The lowest BCUT2D eigenvalue weighted by atomic mass is 10.1. The molecule has 12 heteroatoms. The van der Waals surface area contributed by atoms with Crippen LogP contribution in [0.5, 0.6) is 5.75 Å². The first-order valence-corrected chi connectivity index (χ1v) is 13.8. The number of ether oxygens (including phenoxy) is 1. The van der Waals surface area contributed by atoms with Crippen molar-refractivity contribution in [2.75, 3.05) is 36.5 Å². The summed E-state index contributed by atoms with van der Waals surface area (Å²) in [6.07, 6.45) is 4.20. The fourth-order valence-electron chi connectivity index (χ4n) is 4.27. The van der Waals surface area contributed by atoms with Crippen LogP contribution >= 0.6 is 23.2 Å². The van der Waals surface area contributed by atoms with Gasteiger partial charge in [-0.3, -0.25) is 10.1 Å². The van der Waals surface area contributed by atoms with Gasteiger partial charge in [0.2, 0.25) is 0 Å². The van der Waals surface area contributed by atoms with Gasteiger partial charge in [0, 0.05) is 76.5 Å². The molecule has 1 aliphatic heterocycles. The third-order valence-corrected chi connectivity index (χ3v) is 9.14. The number of aromatic amines is 1. The first kappa shape index (κ1) is 24.7. The highest BCUT2D eigenvalue weighted by Gasteiger charge is 2.24. The number of nitrogens with one attached hydrogen (secondary N) is 1. The summed E-state index contributed by atoms with van der Waals surface area (Å²) in [7, 11) is -0.626. The van der Waals surface area contributed by atoms with Gasteiger partial charge in [-0.2, -0.15) is 5.10 Å². The van der Waals surface area contributed by atoms with Gasteiger partial charge in [0.1, 0.15) is 17.5 Å². The van der Waals surface area contributed by atoms with Crippen LogP contribution in [0.15, 0.2) is 47.2 Å². The van der Waals surface area contributed by atoms with Crippen LogP contribution in [0.4, 0.5) is 10.2 Å². The number of benzene rings is 1. The zero-order valence-electron chi connectivity index (χ0n) is 19.5. The number of anilines is 1. The van der Waals surface area contributed by atoms with E-state index in [1.54, 1.807) is 18.1 Å². The highest BCUT2D eigenvalue weighted by molar-refractivity contribution is 7.93. The Labute approximate surface area is 218 Å². The molecule has 0 radical (unpaired) electrons. The normalized spacial score (nSPS) is 16.2. The second-order valence-corrected chi connectivity index (χ2v) is 12.0. The Morgan fingerprint density at radius 1 is 1.17 bits per heavy atom. The molecule has 1 N–H and O–H groups in total. The largest absolute Gasteiger partial charge is 0.486 e. The summed E-state index contributed by atoms with van der Waals surface area (Å²) < 4.78 is 37.7. The van der Waals surface area contributed by atoms with E-state index in [-0.39, 0.29) is 5.82 Å². The van der Waals surface area contributed by atoms with Crippen LogP contribution in [0.1, 0.15) is 18.6 Å². The minimum atomic E-state index is -2.20. The van der Waals surface area contributed by atoms with Crippen molar-refractivity contribution in [3.05, 3.63) is 64.3 Å². The van der Waals surface area contributed by atoms with Gasteiger partial charge in [-0.25, -0.2) is 17.9 Å². The van der Waals surface area contributed by atoms with Crippen molar-refractivity contribution < 1.29 is 13.3 Å². The van der Waals surface area contributed by atoms with Crippen LogP contribution in [0.3, 0.4) is 0 Å². The maximum atomic E-state index is 15.1. The van der Waals surface area contributed by atoms with Crippen molar-refractivity contribution in [3.8, 4) is 17.0 Å². The molecule has 5 rings (SSSR count). The molecule has 3 aromatic heterocycles. The molecule has 188 valence electrons. The summed E-state index contributed by atoms with van der Waals surface area (Å²) >= 11 is 12.5. The molecule has 0 bridgehead atoms. The zero-order valence-corrected chi connectivity index (χ0v) is 21.9. The van der Waals surface area contributed by atoms with Crippen molar-refractivity contribution in [3.63, 3.8) is 0 Å². The van der Waals surface area contributed by atoms with Crippen LogP contribution in [0, 0.1) is 5.82 Å². The molecule has 1 aliphatic rings. The molecule has 0 unspecified atom stereocenters. The molecule has 8 nitrogen and oxygen atoms in total. The Morgan fingerprint density at radius 2 is 1.89 bits per heavy atom. The van der Waals surface area contributed by atoms with Gasteiger partial charge < -0.3 is 9.64 Å². The predicted octanol–water partition coefficient (Wildman–Crippen LogP) is 5.52. The SMILES string of the molecule is CN=S1(=O)CCN(c2ncc(-c3n[nH]c4ccc(O[C@H](C)c5c(Cl)cncc5Cl)cc34)cc2F)CC1. The lowest BCUT2D eigenvalue weighted by Gasteiger charge is -2.29. The van der Waals surface area contributed by atoms with Gasteiger partial charge in [0.25, 0.3) is 0 Å². The van der Waals surface area contributed by atoms with Gasteiger partial charge in [0.15, 0.2) is 11.6 Å². The number of halogens is 3. The van der Waals surface area contributed by atoms with Crippen molar-refractivity contribution >= 4 is 49.7 Å². The molecule has 4 heterocycles. The summed E-state index contributed by atoms with van der Waals surface area (Å²) in [6, 6.07) is 6.89. The van der Waals surface area contributed by atoms with Gasteiger partial charge in [-0.1, -0.05) is 23.2 Å². The Balaban J connectivity index is 1.41. The number of aromatic nitrogens is 4. The molecule has 0 spiro atoms. The molecule has 1 saturated heterocycles. The van der Waals surface area contributed by atoms with E-state index < -0.39 is 21.7 Å². The maximum absolute atomic E-state index is 15.1. The van der Waals surface area contributed by atoms with Crippen LogP contribution in [-0.2, 0) is 9.73 Å². The van der Waals surface area contributed by atoms with Gasteiger partial charge in [-0.15, -0.1) is 0 Å². The van der Waals surface area contributed by atoms with E-state index in [2.05, 4.69) is 24.5 Å². The van der Waals surface area contributed by atoms with Crippen molar-refractivity contribution in [2.24, 2.45) is 4.36 Å². The number of fused-ring (bicyclic) bond motifs is 1. The number of hydrogen-bond acceptors (Lipinski definition) is 7. The van der Waals surface area contributed by atoms with E-state index in [1.807, 2.05) is 25.1 Å². The summed E-state index contributed by atoms with van der Waals surface area (Å²) in [6.45, 7) is 2.73. The quantitative estimate of drug-likeness (QED) is 0.352. The smallest absolute Gasteiger partial charge is 0.166 e. The molecule has 0 saturated carbocycles. The number of rotatable bonds is 5. The summed E-state index contributed by atoms with van der Waals surface area (Å²) in [4.78, 5) is 10.2. The van der Waals surface area contributed by atoms with Crippen molar-refractivity contribution in [1.29, 1.82) is 0 Å². The average Bonchev–Trinajstić information content (AvgIpc) is 3.28. The molecule has 4 aromatic rings. The average molecular weight is 549 g/mol. The van der Waals surface area contributed by atoms with Gasteiger partial charge >= 0.3 is 0 Å². The second kappa shape index (κ2) is 9.84. The van der Waals surface area contributed by atoms with Crippen LogP contribution in [0.2, 0.25) is 10.0 Å². The zero-order chi connectivity index (χ0) is 25.4. The molecule has 36 heavy (non-hydrogen) atoms. The van der Waals surface area contributed by atoms with E-state index in [0.717, 1.165) is 10.9 Å². The third-order valence-electron chi connectivity index (χ3n) is 6.23. The highest BCUT2D eigenvalue weighted by Crippen LogP contribution is 2.35. The summed E-state index contributed by atoms with van der Waals surface area (Å²) in [5.41, 5.74) is 2.48. The molecule has 1 atom stereocenters. The molecule has 0 amide bonds. The molecule has 0 aliphatic carbocycles. The van der Waals surface area contributed by atoms with E-state index in [4.69, 9.17) is 27.9 Å². The highest BCUT2D eigenvalue weighted by atomic mass is 35.5. The van der Waals surface area contributed by atoms with Gasteiger partial charge in [-0.05, 0) is 31.2 Å². The Morgan fingerprint density at radius 3 is 2.56 bits per heavy atom. The molecule has 1 aromatic carbocycles. The van der Waals surface area contributed by atoms with E-state index in [1.165, 1.54) is 18.5 Å². The topological polar surface area (TPSA) is 96.4 Å². The lowest BCUT2D eigenvalue weighted by Crippen LogP contribution is -2.41. The first-order chi connectivity index (χ1) is 17.3. The van der Waals surface area contributed by atoms with Crippen molar-refractivity contribution in [2.45, 2.75) is 13.0 Å². The Kier molecular flexibility index (Phi) is 6.76. The molecular formula is C24H23Cl2FN6O2S. The first-order valence-electron chi connectivity index (χ1n) is 11.2. The lowest BCUT2D eigenvalue weighted by molar-refractivity contribution is 0.227. The number of H-pyrrole nitrogens is 1. The predicted molar refractivity (Wildman–Crippen MR) is 141 cm³/mol. The van der Waals surface area contributed by atoms with E-state index >= 15 is 4.39 Å². The summed E-state index contributed by atoms with van der Waals surface area (Å²) in [5.74, 6) is 1.14. The number of nitrogens with zero attached hydrogens (tertiary/aromatic N) is 5.